The number of benzene rings is 2. The van der Waals surface area contributed by atoms with E-state index in [0.29, 0.717) is 12.2 Å². The Kier molecular flexibility index (Phi) is 6.57. The van der Waals surface area contributed by atoms with E-state index in [-0.39, 0.29) is 17.7 Å². The molecule has 0 saturated carbocycles. The van der Waals surface area contributed by atoms with Crippen LogP contribution < -0.4 is 15.4 Å². The summed E-state index contributed by atoms with van der Waals surface area (Å²) in [7, 11) is 1.56. The Morgan fingerprint density at radius 1 is 1.00 bits per heavy atom. The summed E-state index contributed by atoms with van der Waals surface area (Å²) in [5.41, 5.74) is 1.48. The van der Waals surface area contributed by atoms with Crippen LogP contribution in [-0.4, -0.2) is 24.9 Å². The molecule has 5 heteroatoms. The van der Waals surface area contributed by atoms with Gasteiger partial charge in [0, 0.05) is 12.6 Å². The van der Waals surface area contributed by atoms with Crippen LogP contribution in [0.15, 0.2) is 54.6 Å². The van der Waals surface area contributed by atoms with Crippen LogP contribution >= 0.6 is 0 Å². The molecule has 0 aliphatic rings. The summed E-state index contributed by atoms with van der Waals surface area (Å²) in [6.07, 6.45) is 0. The lowest BCUT2D eigenvalue weighted by atomic mass is 10.0. The lowest BCUT2D eigenvalue weighted by Crippen LogP contribution is -2.48. The Hall–Kier alpha value is -2.82. The summed E-state index contributed by atoms with van der Waals surface area (Å²) in [6, 6.07) is 16.2. The second kappa shape index (κ2) is 8.87. The number of rotatable bonds is 7. The minimum Gasteiger partial charge on any atom is -0.489 e. The van der Waals surface area contributed by atoms with Gasteiger partial charge in [0.15, 0.2) is 0 Å². The SMILES string of the molecule is CNC(=O)[C@@H](NC(=O)c1ccc(COc2ccccc2)cc1)C(C)C. The van der Waals surface area contributed by atoms with Gasteiger partial charge in [-0.2, -0.15) is 0 Å². The van der Waals surface area contributed by atoms with Crippen molar-refractivity contribution in [3.8, 4) is 5.75 Å². The van der Waals surface area contributed by atoms with Crippen LogP contribution in [0.5, 0.6) is 5.75 Å². The van der Waals surface area contributed by atoms with Crippen molar-refractivity contribution in [1.82, 2.24) is 10.6 Å². The molecule has 0 aliphatic heterocycles. The standard InChI is InChI=1S/C20H24N2O3/c1-14(2)18(20(24)21-3)22-19(23)16-11-9-15(10-12-16)13-25-17-7-5-4-6-8-17/h4-12,14,18H,13H2,1-3H3,(H,21,24)(H,22,23)/t18-/m0/s1. The number of carbonyl (C=O) groups excluding carboxylic acids is 2. The second-order valence-electron chi connectivity index (χ2n) is 6.11. The zero-order valence-corrected chi connectivity index (χ0v) is 14.8. The zero-order valence-electron chi connectivity index (χ0n) is 14.8. The number of nitrogens with one attached hydrogen (secondary N) is 2. The van der Waals surface area contributed by atoms with E-state index in [1.807, 2.05) is 56.3 Å². The van der Waals surface area contributed by atoms with Gasteiger partial charge < -0.3 is 15.4 Å². The maximum atomic E-state index is 12.3. The Morgan fingerprint density at radius 2 is 1.64 bits per heavy atom. The molecule has 0 spiro atoms. The average Bonchev–Trinajstić information content (AvgIpc) is 2.64. The highest BCUT2D eigenvalue weighted by Gasteiger charge is 2.23. The number of likely N-dealkylation sites (N-methyl/N-ethyl adjacent to an activating group) is 1. The number of hydrogen-bond donors (Lipinski definition) is 2. The summed E-state index contributed by atoms with van der Waals surface area (Å²) >= 11 is 0. The largest absolute Gasteiger partial charge is 0.489 e. The third-order valence-electron chi connectivity index (χ3n) is 3.85. The molecule has 0 fully saturated rings. The van der Waals surface area contributed by atoms with Gasteiger partial charge in [0.25, 0.3) is 5.91 Å². The minimum atomic E-state index is -0.557. The van der Waals surface area contributed by atoms with Gasteiger partial charge in [-0.15, -0.1) is 0 Å². The van der Waals surface area contributed by atoms with Crippen molar-refractivity contribution in [2.45, 2.75) is 26.5 Å². The summed E-state index contributed by atoms with van der Waals surface area (Å²) in [5, 5.41) is 5.35. The topological polar surface area (TPSA) is 67.4 Å². The first-order valence-electron chi connectivity index (χ1n) is 8.30. The molecule has 0 unspecified atom stereocenters. The molecule has 2 aromatic carbocycles. The number of amides is 2. The molecule has 0 radical (unpaired) electrons. The molecule has 0 bridgehead atoms. The molecular weight excluding hydrogens is 316 g/mol. The minimum absolute atomic E-state index is 0.00226. The third kappa shape index (κ3) is 5.35. The molecule has 1 atom stereocenters. The van der Waals surface area contributed by atoms with E-state index >= 15 is 0 Å². The molecule has 2 aromatic rings. The molecule has 132 valence electrons. The van der Waals surface area contributed by atoms with Crippen LogP contribution in [0.2, 0.25) is 0 Å². The molecule has 5 nitrogen and oxygen atoms in total. The van der Waals surface area contributed by atoms with Crippen LogP contribution in [0.25, 0.3) is 0 Å². The fraction of sp³-hybridized carbons (Fsp3) is 0.300. The summed E-state index contributed by atoms with van der Waals surface area (Å²) < 4.78 is 5.68. The molecule has 2 N–H and O–H groups in total. The Balaban J connectivity index is 1.96. The van der Waals surface area contributed by atoms with Gasteiger partial charge in [-0.3, -0.25) is 9.59 Å². The predicted octanol–water partition coefficient (Wildman–Crippen LogP) is 2.77. The van der Waals surface area contributed by atoms with Crippen LogP contribution in [0.4, 0.5) is 0 Å². The smallest absolute Gasteiger partial charge is 0.251 e. The maximum absolute atomic E-state index is 12.3. The van der Waals surface area contributed by atoms with Gasteiger partial charge in [0.2, 0.25) is 5.91 Å². The number of ether oxygens (including phenoxy) is 1. The Morgan fingerprint density at radius 3 is 2.20 bits per heavy atom. The average molecular weight is 340 g/mol. The van der Waals surface area contributed by atoms with Crippen molar-refractivity contribution in [3.63, 3.8) is 0 Å². The van der Waals surface area contributed by atoms with Gasteiger partial charge >= 0.3 is 0 Å². The normalized spacial score (nSPS) is 11.7. The summed E-state index contributed by atoms with van der Waals surface area (Å²) in [6.45, 7) is 4.22. The summed E-state index contributed by atoms with van der Waals surface area (Å²) in [4.78, 5) is 24.2. The fourth-order valence-electron chi connectivity index (χ4n) is 2.35. The Labute approximate surface area is 148 Å². The first-order chi connectivity index (χ1) is 12.0. The van der Waals surface area contributed by atoms with Crippen molar-refractivity contribution < 1.29 is 14.3 Å². The van der Waals surface area contributed by atoms with E-state index in [2.05, 4.69) is 10.6 Å². The number of carbonyl (C=O) groups is 2. The fourth-order valence-corrected chi connectivity index (χ4v) is 2.35. The van der Waals surface area contributed by atoms with E-state index in [4.69, 9.17) is 4.74 Å². The highest BCUT2D eigenvalue weighted by molar-refractivity contribution is 5.97. The van der Waals surface area contributed by atoms with Crippen LogP contribution in [-0.2, 0) is 11.4 Å². The quantitative estimate of drug-likeness (QED) is 0.814. The van der Waals surface area contributed by atoms with Gasteiger partial charge in [0.05, 0.1) is 0 Å². The zero-order chi connectivity index (χ0) is 18.2. The molecule has 0 aromatic heterocycles. The van der Waals surface area contributed by atoms with E-state index in [1.54, 1.807) is 19.2 Å². The van der Waals surface area contributed by atoms with Crippen molar-refractivity contribution >= 4 is 11.8 Å². The highest BCUT2D eigenvalue weighted by atomic mass is 16.5. The molecule has 0 aliphatic carbocycles. The monoisotopic (exact) mass is 340 g/mol. The van der Waals surface area contributed by atoms with Crippen LogP contribution in [0.1, 0.15) is 29.8 Å². The van der Waals surface area contributed by atoms with Crippen molar-refractivity contribution in [2.75, 3.05) is 7.05 Å². The number of hydrogen-bond acceptors (Lipinski definition) is 3. The molecular formula is C20H24N2O3. The van der Waals surface area contributed by atoms with E-state index in [9.17, 15) is 9.59 Å². The molecule has 2 amide bonds. The lowest BCUT2D eigenvalue weighted by Gasteiger charge is -2.20. The summed E-state index contributed by atoms with van der Waals surface area (Å²) in [5.74, 6) is 0.339. The van der Waals surface area contributed by atoms with E-state index < -0.39 is 6.04 Å². The van der Waals surface area contributed by atoms with Gasteiger partial charge in [0.1, 0.15) is 18.4 Å². The highest BCUT2D eigenvalue weighted by Crippen LogP contribution is 2.13. The molecule has 0 heterocycles. The Bertz CT molecular complexity index is 697. The van der Waals surface area contributed by atoms with E-state index in [0.717, 1.165) is 11.3 Å². The van der Waals surface area contributed by atoms with Crippen LogP contribution in [0.3, 0.4) is 0 Å². The maximum Gasteiger partial charge on any atom is 0.251 e. The van der Waals surface area contributed by atoms with Gasteiger partial charge in [-0.05, 0) is 35.7 Å². The first-order valence-corrected chi connectivity index (χ1v) is 8.30. The van der Waals surface area contributed by atoms with E-state index in [1.165, 1.54) is 0 Å². The molecule has 0 saturated heterocycles. The predicted molar refractivity (Wildman–Crippen MR) is 97.4 cm³/mol. The van der Waals surface area contributed by atoms with Crippen molar-refractivity contribution in [1.29, 1.82) is 0 Å². The first kappa shape index (κ1) is 18.5. The molecule has 25 heavy (non-hydrogen) atoms. The van der Waals surface area contributed by atoms with Crippen molar-refractivity contribution in [3.05, 3.63) is 65.7 Å². The lowest BCUT2D eigenvalue weighted by molar-refractivity contribution is -0.123. The number of para-hydroxylation sites is 1. The second-order valence-corrected chi connectivity index (χ2v) is 6.11. The van der Waals surface area contributed by atoms with Crippen LogP contribution in [0, 0.1) is 5.92 Å². The van der Waals surface area contributed by atoms with Crippen molar-refractivity contribution in [2.24, 2.45) is 5.92 Å². The third-order valence-corrected chi connectivity index (χ3v) is 3.85. The van der Waals surface area contributed by atoms with Gasteiger partial charge in [-0.25, -0.2) is 0 Å². The van der Waals surface area contributed by atoms with Gasteiger partial charge in [-0.1, -0.05) is 44.2 Å². The molecule has 2 rings (SSSR count).